The lowest BCUT2D eigenvalue weighted by atomic mass is 9.77. The average Bonchev–Trinajstić information content (AvgIpc) is 4.19. The summed E-state index contributed by atoms with van der Waals surface area (Å²) in [5.41, 5.74) is -0.815. The number of nitrogens with zero attached hydrogens (tertiary/aromatic N) is 3. The fourth-order valence-electron chi connectivity index (χ4n) is 10.2. The number of aromatic nitrogens is 1. The lowest BCUT2D eigenvalue weighted by Crippen LogP contribution is -2.49. The molecule has 2 amide bonds. The summed E-state index contributed by atoms with van der Waals surface area (Å²) in [5, 5.41) is 0.740. The van der Waals surface area contributed by atoms with Gasteiger partial charge in [-0.2, -0.15) is 13.2 Å². The van der Waals surface area contributed by atoms with E-state index in [9.17, 15) is 40.8 Å². The van der Waals surface area contributed by atoms with Gasteiger partial charge in [-0.25, -0.2) is 13.4 Å². The van der Waals surface area contributed by atoms with Crippen molar-refractivity contribution < 1.29 is 55.0 Å². The van der Waals surface area contributed by atoms with Gasteiger partial charge < -0.3 is 19.1 Å². The van der Waals surface area contributed by atoms with Crippen molar-refractivity contribution >= 4 is 44.5 Å². The Hall–Kier alpha value is -4.25. The van der Waals surface area contributed by atoms with Crippen LogP contribution in [0, 0.1) is 28.6 Å². The fourth-order valence-corrected chi connectivity index (χ4v) is 11.5. The molecule has 3 saturated carbocycles. The highest BCUT2D eigenvalue weighted by molar-refractivity contribution is 7.91. The van der Waals surface area contributed by atoms with Crippen molar-refractivity contribution in [2.24, 2.45) is 28.6 Å². The minimum absolute atomic E-state index is 0.0320. The van der Waals surface area contributed by atoms with E-state index in [0.717, 1.165) is 37.5 Å². The highest BCUT2D eigenvalue weighted by Crippen LogP contribution is 2.57. The normalized spacial score (nSPS) is 30.2. The molecule has 6 aliphatic rings. The summed E-state index contributed by atoms with van der Waals surface area (Å²) in [6, 6.07) is 6.37. The molecule has 2 saturated heterocycles. The number of pyridine rings is 1. The molecule has 1 unspecified atom stereocenters. The van der Waals surface area contributed by atoms with E-state index in [-0.39, 0.29) is 69.3 Å². The second kappa shape index (κ2) is 17.8. The summed E-state index contributed by atoms with van der Waals surface area (Å²) in [6.45, 7) is 10.5. The Kier molecular flexibility index (Phi) is 12.9. The van der Waals surface area contributed by atoms with Gasteiger partial charge in [0.05, 0.1) is 52.7 Å². The number of carbonyl (C=O) groups excluding carboxylic acids is 4. The van der Waals surface area contributed by atoms with Crippen LogP contribution in [0.5, 0.6) is 11.6 Å². The Morgan fingerprint density at radius 3 is 2.42 bits per heavy atom. The molecule has 5 fully saturated rings. The van der Waals surface area contributed by atoms with Gasteiger partial charge in [0.1, 0.15) is 24.1 Å². The number of allylic oxidation sites excluding steroid dienone is 1. The summed E-state index contributed by atoms with van der Waals surface area (Å²) in [4.78, 5) is 65.0. The van der Waals surface area contributed by atoms with Gasteiger partial charge in [0.15, 0.2) is 5.78 Å². The highest BCUT2D eigenvalue weighted by atomic mass is 32.2. The summed E-state index contributed by atoms with van der Waals surface area (Å²) in [7, 11) is -4.01. The first-order valence-corrected chi connectivity index (χ1v) is 24.8. The minimum atomic E-state index is -4.30. The molecule has 4 heterocycles. The zero-order chi connectivity index (χ0) is 46.7. The SMILES string of the molecule is C=C[C@@H]1CC1(CC(=O)[C@@H]1C[C@@H]2CN1C(=O)[C@H](C(C)(C)C)CC(=O)O[C@@H]1C[C@H]1CCCCCc1c(nc3ccccc3c1OC1CCN(CC(F)(F)F)CC1)O2)C(=O)NS(=O)(=O)C1(C)CC1. The number of ether oxygens (including phenoxy) is 3. The molecule has 2 bridgehead atoms. The molecular formula is C48H63F3N4O9S. The topological polar surface area (TPSA) is 162 Å². The van der Waals surface area contributed by atoms with Gasteiger partial charge in [0.25, 0.3) is 0 Å². The zero-order valence-electron chi connectivity index (χ0n) is 37.9. The quantitative estimate of drug-likeness (QED) is 0.189. The Bertz CT molecular complexity index is 2310. The summed E-state index contributed by atoms with van der Waals surface area (Å²) in [6.07, 6.45) is 1.86. The molecule has 65 heavy (non-hydrogen) atoms. The number of likely N-dealkylation sites (tertiary alicyclic amines) is 1. The second-order valence-corrected chi connectivity index (χ2v) is 23.1. The third-order valence-corrected chi connectivity index (χ3v) is 17.0. The van der Waals surface area contributed by atoms with E-state index in [1.54, 1.807) is 13.0 Å². The molecular weight excluding hydrogens is 866 g/mol. The number of hydrogen-bond donors (Lipinski definition) is 1. The van der Waals surface area contributed by atoms with Gasteiger partial charge in [-0.1, -0.05) is 51.8 Å². The Morgan fingerprint density at radius 1 is 1.03 bits per heavy atom. The van der Waals surface area contributed by atoms with Crippen LogP contribution in [0.2, 0.25) is 0 Å². The zero-order valence-corrected chi connectivity index (χ0v) is 38.7. The molecule has 13 nitrogen and oxygen atoms in total. The van der Waals surface area contributed by atoms with E-state index in [1.165, 1.54) is 9.80 Å². The van der Waals surface area contributed by atoms with Crippen LogP contribution in [0.3, 0.4) is 0 Å². The van der Waals surface area contributed by atoms with Crippen molar-refractivity contribution in [1.82, 2.24) is 19.5 Å². The number of fused-ring (bicyclic) bond motifs is 5. The van der Waals surface area contributed by atoms with Gasteiger partial charge in [0.2, 0.25) is 27.7 Å². The maximum atomic E-state index is 15.0. The summed E-state index contributed by atoms with van der Waals surface area (Å²) in [5.74, 6) is -2.38. The molecule has 7 atom stereocenters. The van der Waals surface area contributed by atoms with Gasteiger partial charge in [0, 0.05) is 31.3 Å². The monoisotopic (exact) mass is 928 g/mol. The smallest absolute Gasteiger partial charge is 0.401 e. The fraction of sp³-hybridized carbons (Fsp3) is 0.688. The minimum Gasteiger partial charge on any atom is -0.489 e. The van der Waals surface area contributed by atoms with E-state index in [4.69, 9.17) is 19.2 Å². The van der Waals surface area contributed by atoms with Crippen molar-refractivity contribution in [3.63, 3.8) is 0 Å². The van der Waals surface area contributed by atoms with Crippen LogP contribution in [0.25, 0.3) is 10.9 Å². The molecule has 1 aromatic heterocycles. The number of benzene rings is 1. The number of para-hydroxylation sites is 1. The molecule has 17 heteroatoms. The van der Waals surface area contributed by atoms with E-state index >= 15 is 0 Å². The first kappa shape index (κ1) is 47.3. The van der Waals surface area contributed by atoms with Gasteiger partial charge in [-0.05, 0) is 94.1 Å². The van der Waals surface area contributed by atoms with Gasteiger partial charge in [-0.3, -0.25) is 28.8 Å². The van der Waals surface area contributed by atoms with Crippen LogP contribution in [0.1, 0.15) is 117 Å². The third-order valence-electron chi connectivity index (χ3n) is 14.9. The number of esters is 1. The van der Waals surface area contributed by atoms with Gasteiger partial charge in [-0.15, -0.1) is 6.58 Å². The first-order chi connectivity index (χ1) is 30.6. The van der Waals surface area contributed by atoms with E-state index in [1.807, 2.05) is 45.0 Å². The molecule has 1 aromatic carbocycles. The van der Waals surface area contributed by atoms with Crippen molar-refractivity contribution in [3.05, 3.63) is 42.5 Å². The van der Waals surface area contributed by atoms with Crippen LogP contribution < -0.4 is 14.2 Å². The predicted molar refractivity (Wildman–Crippen MR) is 235 cm³/mol. The van der Waals surface area contributed by atoms with Crippen molar-refractivity contribution in [1.29, 1.82) is 0 Å². The molecule has 0 spiro atoms. The number of ketones is 1. The maximum Gasteiger partial charge on any atom is 0.401 e. The maximum absolute atomic E-state index is 15.0. The van der Waals surface area contributed by atoms with E-state index in [2.05, 4.69) is 11.3 Å². The lowest BCUT2D eigenvalue weighted by Gasteiger charge is -2.35. The highest BCUT2D eigenvalue weighted by Gasteiger charge is 2.62. The van der Waals surface area contributed by atoms with Crippen LogP contribution in [-0.2, 0) is 40.4 Å². The standard InChI is InChI=1S/C48H63F3N4O9S/c1-6-30-25-47(30,44(59)53-65(60,61)46(5)18-19-46)26-38(56)37-23-32-27-55(37)43(58)35(45(2,3)4)24-40(57)64-39-22-29(39)12-8-7-9-14-34-41(33-13-10-11-15-36(33)52-42(34)63-32)62-31-16-20-54(21-17-31)28-48(49,50)51/h6,10-11,13,15,29-32,35,37,39H,1,7-9,12,14,16-28H2,2-5H3,(H,53,59)/t29-,30-,32-,35-,37+,39-,47?/m1/s1. The molecule has 8 rings (SSSR count). The van der Waals surface area contributed by atoms with Crippen LogP contribution in [0.4, 0.5) is 13.2 Å². The Morgan fingerprint density at radius 2 is 1.75 bits per heavy atom. The Labute approximate surface area is 379 Å². The van der Waals surface area contributed by atoms with Crippen LogP contribution >= 0.6 is 0 Å². The number of carbonyl (C=O) groups is 4. The molecule has 3 aliphatic carbocycles. The molecule has 0 radical (unpaired) electrons. The second-order valence-electron chi connectivity index (χ2n) is 20.9. The molecule has 3 aliphatic heterocycles. The number of rotatable bonds is 10. The third kappa shape index (κ3) is 10.4. The van der Waals surface area contributed by atoms with Crippen LogP contribution in [-0.4, -0.2) is 108 Å². The van der Waals surface area contributed by atoms with Crippen molar-refractivity contribution in [2.45, 2.75) is 153 Å². The average molecular weight is 929 g/mol. The largest absolute Gasteiger partial charge is 0.489 e. The van der Waals surface area contributed by atoms with Crippen molar-refractivity contribution in [3.8, 4) is 11.6 Å². The number of halogens is 3. The van der Waals surface area contributed by atoms with E-state index < -0.39 is 85.9 Å². The number of alkyl halides is 3. The predicted octanol–water partition coefficient (Wildman–Crippen LogP) is 7.24. The first-order valence-electron chi connectivity index (χ1n) is 23.4. The number of Topliss-reactive ketones (excluding diaryl/α,β-unsaturated/α-hetero) is 1. The lowest BCUT2D eigenvalue weighted by molar-refractivity contribution is -0.154. The molecule has 2 aromatic rings. The van der Waals surface area contributed by atoms with Gasteiger partial charge >= 0.3 is 12.1 Å². The molecule has 356 valence electrons. The summed E-state index contributed by atoms with van der Waals surface area (Å²) >= 11 is 0. The van der Waals surface area contributed by atoms with Crippen LogP contribution in [0.15, 0.2) is 36.9 Å². The number of amides is 2. The number of sulfonamides is 1. The number of piperidine rings is 1. The Balaban J connectivity index is 1.13. The number of hydrogen-bond acceptors (Lipinski definition) is 11. The summed E-state index contributed by atoms with van der Waals surface area (Å²) < 4.78 is 87.0. The van der Waals surface area contributed by atoms with Crippen molar-refractivity contribution in [2.75, 3.05) is 26.2 Å². The van der Waals surface area contributed by atoms with E-state index in [0.29, 0.717) is 48.9 Å². The number of nitrogens with one attached hydrogen (secondary N) is 1. The molecule has 1 N–H and O–H groups in total.